The maximum Gasteiger partial charge on any atom is 0.165 e. The van der Waals surface area contributed by atoms with Crippen molar-refractivity contribution < 1.29 is 10.2 Å². The van der Waals surface area contributed by atoms with Crippen LogP contribution in [0.2, 0.25) is 0 Å². The highest BCUT2D eigenvalue weighted by molar-refractivity contribution is 5.75. The lowest BCUT2D eigenvalue weighted by atomic mass is 9.98. The Balaban J connectivity index is 2.64. The first-order chi connectivity index (χ1) is 7.99. The number of aromatic hydroxyl groups is 2. The minimum Gasteiger partial charge on any atom is -0.504 e. The van der Waals surface area contributed by atoms with E-state index in [2.05, 4.69) is 6.07 Å². The average molecular weight is 228 g/mol. The summed E-state index contributed by atoms with van der Waals surface area (Å²) < 4.78 is 0. The molecule has 2 aromatic carbocycles. The van der Waals surface area contributed by atoms with Gasteiger partial charge in [-0.15, -0.1) is 0 Å². The zero-order valence-corrected chi connectivity index (χ0v) is 10.3. The molecule has 2 aromatic rings. The van der Waals surface area contributed by atoms with Crippen molar-refractivity contribution in [1.82, 2.24) is 0 Å². The van der Waals surface area contributed by atoms with Gasteiger partial charge in [0.1, 0.15) is 0 Å². The molecule has 0 aromatic heterocycles. The van der Waals surface area contributed by atoms with E-state index < -0.39 is 0 Å². The van der Waals surface area contributed by atoms with Crippen LogP contribution in [0.15, 0.2) is 30.3 Å². The van der Waals surface area contributed by atoms with Crippen LogP contribution in [0, 0.1) is 20.8 Å². The molecule has 0 radical (unpaired) electrons. The molecule has 0 aliphatic carbocycles. The van der Waals surface area contributed by atoms with Crippen molar-refractivity contribution in [2.45, 2.75) is 20.8 Å². The first-order valence-electron chi connectivity index (χ1n) is 5.59. The molecule has 17 heavy (non-hydrogen) atoms. The van der Waals surface area contributed by atoms with Crippen molar-refractivity contribution in [3.05, 3.63) is 47.0 Å². The van der Waals surface area contributed by atoms with E-state index in [1.165, 1.54) is 0 Å². The number of hydrogen-bond donors (Lipinski definition) is 2. The van der Waals surface area contributed by atoms with Crippen LogP contribution >= 0.6 is 0 Å². The molecule has 0 saturated heterocycles. The van der Waals surface area contributed by atoms with E-state index in [9.17, 15) is 10.2 Å². The summed E-state index contributed by atoms with van der Waals surface area (Å²) in [6.07, 6.45) is 0. The van der Waals surface area contributed by atoms with Gasteiger partial charge in [-0.05, 0) is 31.9 Å². The number of benzene rings is 2. The lowest BCUT2D eigenvalue weighted by Gasteiger charge is -2.10. The van der Waals surface area contributed by atoms with Crippen LogP contribution in [0.4, 0.5) is 0 Å². The first-order valence-corrected chi connectivity index (χ1v) is 5.59. The number of rotatable bonds is 1. The summed E-state index contributed by atoms with van der Waals surface area (Å²) in [6.45, 7) is 5.80. The summed E-state index contributed by atoms with van der Waals surface area (Å²) >= 11 is 0. The Morgan fingerprint density at radius 2 is 1.35 bits per heavy atom. The van der Waals surface area contributed by atoms with E-state index in [-0.39, 0.29) is 11.5 Å². The first kappa shape index (κ1) is 11.5. The third-order valence-electron chi connectivity index (χ3n) is 2.89. The van der Waals surface area contributed by atoms with Gasteiger partial charge in [-0.2, -0.15) is 0 Å². The van der Waals surface area contributed by atoms with Gasteiger partial charge in [0.2, 0.25) is 0 Å². The van der Waals surface area contributed by atoms with Crippen molar-refractivity contribution >= 4 is 0 Å². The third kappa shape index (κ3) is 2.11. The van der Waals surface area contributed by atoms with E-state index >= 15 is 0 Å². The second-order valence-corrected chi connectivity index (χ2v) is 4.50. The number of phenols is 2. The Morgan fingerprint density at radius 1 is 0.765 bits per heavy atom. The van der Waals surface area contributed by atoms with Gasteiger partial charge >= 0.3 is 0 Å². The Morgan fingerprint density at radius 3 is 1.94 bits per heavy atom. The highest BCUT2D eigenvalue weighted by atomic mass is 16.3. The molecule has 2 heteroatoms. The van der Waals surface area contributed by atoms with Crippen LogP contribution in [0.5, 0.6) is 11.5 Å². The lowest BCUT2D eigenvalue weighted by molar-refractivity contribution is 0.402. The summed E-state index contributed by atoms with van der Waals surface area (Å²) in [5.74, 6) is -0.0864. The van der Waals surface area contributed by atoms with Crippen LogP contribution in [-0.2, 0) is 0 Å². The maximum atomic E-state index is 9.96. The van der Waals surface area contributed by atoms with Crippen LogP contribution in [0.25, 0.3) is 11.1 Å². The van der Waals surface area contributed by atoms with Gasteiger partial charge in [0.25, 0.3) is 0 Å². The second kappa shape index (κ2) is 4.13. The van der Waals surface area contributed by atoms with Crippen molar-refractivity contribution in [3.8, 4) is 22.6 Å². The van der Waals surface area contributed by atoms with Crippen molar-refractivity contribution in [2.75, 3.05) is 0 Å². The lowest BCUT2D eigenvalue weighted by Crippen LogP contribution is -1.85. The van der Waals surface area contributed by atoms with Crippen molar-refractivity contribution in [3.63, 3.8) is 0 Å². The van der Waals surface area contributed by atoms with Gasteiger partial charge < -0.3 is 10.2 Å². The molecule has 0 unspecified atom stereocenters. The molecule has 0 aliphatic heterocycles. The minimum atomic E-state index is -0.0463. The zero-order valence-electron chi connectivity index (χ0n) is 10.3. The van der Waals surface area contributed by atoms with Gasteiger partial charge in [0.15, 0.2) is 11.5 Å². The van der Waals surface area contributed by atoms with E-state index in [0.29, 0.717) is 11.1 Å². The van der Waals surface area contributed by atoms with Gasteiger partial charge in [0, 0.05) is 5.56 Å². The Kier molecular flexibility index (Phi) is 2.80. The normalized spacial score (nSPS) is 10.5. The fourth-order valence-corrected chi connectivity index (χ4v) is 2.04. The smallest absolute Gasteiger partial charge is 0.165 e. The molecule has 0 heterocycles. The van der Waals surface area contributed by atoms with E-state index in [0.717, 1.165) is 16.7 Å². The summed E-state index contributed by atoms with van der Waals surface area (Å²) in [4.78, 5) is 0. The standard InChI is InChI=1S/C15H16O2/c1-9-6-10(2)8-12(7-9)13-5-4-11(3)14(16)15(13)17/h4-8,16-17H,1-3H3. The third-order valence-corrected chi connectivity index (χ3v) is 2.89. The van der Waals surface area contributed by atoms with Crippen LogP contribution < -0.4 is 0 Å². The highest BCUT2D eigenvalue weighted by Gasteiger charge is 2.11. The van der Waals surface area contributed by atoms with Gasteiger partial charge in [-0.25, -0.2) is 0 Å². The molecule has 2 nitrogen and oxygen atoms in total. The summed E-state index contributed by atoms with van der Waals surface area (Å²) in [6, 6.07) is 9.71. The molecule has 0 fully saturated rings. The van der Waals surface area contributed by atoms with Crippen molar-refractivity contribution in [2.24, 2.45) is 0 Å². The summed E-state index contributed by atoms with van der Waals surface area (Å²) in [5, 5.41) is 19.7. The van der Waals surface area contributed by atoms with E-state index in [1.54, 1.807) is 6.92 Å². The Hall–Kier alpha value is -1.96. The highest BCUT2D eigenvalue weighted by Crippen LogP contribution is 2.38. The van der Waals surface area contributed by atoms with Crippen LogP contribution in [-0.4, -0.2) is 10.2 Å². The average Bonchev–Trinajstić information content (AvgIpc) is 2.24. The predicted molar refractivity (Wildman–Crippen MR) is 69.4 cm³/mol. The molecule has 0 bridgehead atoms. The molecule has 2 rings (SSSR count). The van der Waals surface area contributed by atoms with E-state index in [1.807, 2.05) is 38.1 Å². The second-order valence-electron chi connectivity index (χ2n) is 4.50. The quantitative estimate of drug-likeness (QED) is 0.731. The predicted octanol–water partition coefficient (Wildman–Crippen LogP) is 3.69. The Bertz CT molecular complexity index is 551. The molecule has 2 N–H and O–H groups in total. The summed E-state index contributed by atoms with van der Waals surface area (Å²) in [5.41, 5.74) is 4.55. The monoisotopic (exact) mass is 228 g/mol. The minimum absolute atomic E-state index is 0.0401. The largest absolute Gasteiger partial charge is 0.504 e. The molecule has 0 saturated carbocycles. The van der Waals surface area contributed by atoms with Crippen LogP contribution in [0.3, 0.4) is 0 Å². The topological polar surface area (TPSA) is 40.5 Å². The zero-order chi connectivity index (χ0) is 12.6. The number of phenolic OH excluding ortho intramolecular Hbond substituents is 2. The van der Waals surface area contributed by atoms with Gasteiger partial charge in [-0.1, -0.05) is 41.5 Å². The molecule has 0 spiro atoms. The maximum absolute atomic E-state index is 9.96. The number of aryl methyl sites for hydroxylation is 3. The van der Waals surface area contributed by atoms with E-state index in [4.69, 9.17) is 0 Å². The molecule has 0 amide bonds. The molecular weight excluding hydrogens is 212 g/mol. The summed E-state index contributed by atoms with van der Waals surface area (Å²) in [7, 11) is 0. The molecule has 0 atom stereocenters. The SMILES string of the molecule is Cc1cc(C)cc(-c2ccc(C)c(O)c2O)c1. The fraction of sp³-hybridized carbons (Fsp3) is 0.200. The van der Waals surface area contributed by atoms with Gasteiger partial charge in [-0.3, -0.25) is 0 Å². The molecular formula is C15H16O2. The van der Waals surface area contributed by atoms with Crippen molar-refractivity contribution in [1.29, 1.82) is 0 Å². The van der Waals surface area contributed by atoms with Crippen LogP contribution in [0.1, 0.15) is 16.7 Å². The van der Waals surface area contributed by atoms with Gasteiger partial charge in [0.05, 0.1) is 0 Å². The molecule has 0 aliphatic rings. The Labute approximate surface area is 101 Å². The molecule has 88 valence electrons. The number of hydrogen-bond acceptors (Lipinski definition) is 2. The fourth-order valence-electron chi connectivity index (χ4n) is 2.04.